The van der Waals surface area contributed by atoms with E-state index in [4.69, 9.17) is 0 Å². The molecule has 7 nitrogen and oxygen atoms in total. The average molecular weight is 386 g/mol. The summed E-state index contributed by atoms with van der Waals surface area (Å²) in [7, 11) is 1.92. The Kier molecular flexibility index (Phi) is 5.78. The van der Waals surface area contributed by atoms with Crippen molar-refractivity contribution in [2.24, 2.45) is 5.92 Å². The van der Waals surface area contributed by atoms with Gasteiger partial charge in [-0.15, -0.1) is 0 Å². The molecule has 1 aromatic heterocycles. The summed E-state index contributed by atoms with van der Waals surface area (Å²) in [6.07, 6.45) is 13.1. The third-order valence-electron chi connectivity index (χ3n) is 6.76. The van der Waals surface area contributed by atoms with Gasteiger partial charge in [-0.1, -0.05) is 12.8 Å². The number of hydrogen-bond acceptors (Lipinski definition) is 5. The monoisotopic (exact) mass is 385 g/mol. The van der Waals surface area contributed by atoms with Crippen molar-refractivity contribution in [2.45, 2.75) is 63.5 Å². The number of carbonyl (C=O) groups is 2. The summed E-state index contributed by atoms with van der Waals surface area (Å²) in [6, 6.07) is -0.0272. The lowest BCUT2D eigenvalue weighted by atomic mass is 10.0. The van der Waals surface area contributed by atoms with E-state index in [1.54, 1.807) is 18.6 Å². The van der Waals surface area contributed by atoms with E-state index >= 15 is 0 Å². The second kappa shape index (κ2) is 8.45. The fourth-order valence-corrected chi connectivity index (χ4v) is 5.05. The lowest BCUT2D eigenvalue weighted by Crippen LogP contribution is -2.53. The van der Waals surface area contributed by atoms with Gasteiger partial charge in [-0.05, 0) is 38.5 Å². The highest BCUT2D eigenvalue weighted by Gasteiger charge is 2.40. The minimum Gasteiger partial charge on any atom is -0.355 e. The molecule has 1 atom stereocenters. The van der Waals surface area contributed by atoms with Crippen LogP contribution in [-0.2, 0) is 9.59 Å². The smallest absolute Gasteiger partial charge is 0.245 e. The van der Waals surface area contributed by atoms with E-state index in [0.717, 1.165) is 76.8 Å². The number of hydrogen-bond donors (Lipinski definition) is 0. The average Bonchev–Trinajstić information content (AvgIpc) is 3.45. The number of carbonyl (C=O) groups excluding carboxylic acids is 2. The van der Waals surface area contributed by atoms with Crippen molar-refractivity contribution in [3.63, 3.8) is 0 Å². The largest absolute Gasteiger partial charge is 0.355 e. The Labute approximate surface area is 167 Å². The molecule has 0 aromatic carbocycles. The first-order valence-electron chi connectivity index (χ1n) is 10.7. The topological polar surface area (TPSA) is 69.6 Å². The van der Waals surface area contributed by atoms with Crippen LogP contribution in [0.15, 0.2) is 18.6 Å². The van der Waals surface area contributed by atoms with Gasteiger partial charge in [0.2, 0.25) is 11.8 Å². The van der Waals surface area contributed by atoms with Gasteiger partial charge in [-0.25, -0.2) is 4.98 Å². The van der Waals surface area contributed by atoms with Crippen LogP contribution >= 0.6 is 0 Å². The zero-order valence-electron chi connectivity index (χ0n) is 16.8. The molecule has 152 valence electrons. The van der Waals surface area contributed by atoms with Gasteiger partial charge in [0.25, 0.3) is 0 Å². The number of piperidine rings is 1. The molecule has 28 heavy (non-hydrogen) atoms. The van der Waals surface area contributed by atoms with Crippen LogP contribution in [0.2, 0.25) is 0 Å². The molecule has 2 amide bonds. The predicted octanol–water partition coefficient (Wildman–Crippen LogP) is 2.08. The summed E-state index contributed by atoms with van der Waals surface area (Å²) >= 11 is 0. The van der Waals surface area contributed by atoms with Gasteiger partial charge < -0.3 is 14.7 Å². The maximum absolute atomic E-state index is 13.2. The third-order valence-corrected chi connectivity index (χ3v) is 6.76. The molecule has 3 heterocycles. The molecule has 3 fully saturated rings. The summed E-state index contributed by atoms with van der Waals surface area (Å²) in [5.74, 6) is 1.40. The summed E-state index contributed by atoms with van der Waals surface area (Å²) in [6.45, 7) is 2.48. The highest BCUT2D eigenvalue weighted by Crippen LogP contribution is 2.31. The van der Waals surface area contributed by atoms with E-state index in [1.165, 1.54) is 0 Å². The standard InChI is InChI=1S/C21H31N5O2/c1-24(17-8-13-25(14-9-17)19-15-22-10-11-23-19)21(28)18-7-4-12-26(18)20(27)16-5-2-3-6-16/h10-11,15-18H,2-9,12-14H2,1H3. The Bertz CT molecular complexity index is 683. The maximum atomic E-state index is 13.2. The van der Waals surface area contributed by atoms with Gasteiger partial charge in [0.05, 0.1) is 6.20 Å². The fourth-order valence-electron chi connectivity index (χ4n) is 5.05. The molecule has 0 N–H and O–H groups in total. The summed E-state index contributed by atoms with van der Waals surface area (Å²) in [5, 5.41) is 0. The van der Waals surface area contributed by atoms with Gasteiger partial charge >= 0.3 is 0 Å². The van der Waals surface area contributed by atoms with Crippen LogP contribution in [0.25, 0.3) is 0 Å². The van der Waals surface area contributed by atoms with Crippen molar-refractivity contribution in [1.82, 2.24) is 19.8 Å². The molecule has 0 radical (unpaired) electrons. The van der Waals surface area contributed by atoms with Crippen molar-refractivity contribution >= 4 is 17.6 Å². The number of rotatable bonds is 4. The van der Waals surface area contributed by atoms with Crippen LogP contribution in [0.3, 0.4) is 0 Å². The Hall–Kier alpha value is -2.18. The van der Waals surface area contributed by atoms with E-state index < -0.39 is 0 Å². The Morgan fingerprint density at radius 1 is 1.00 bits per heavy atom. The first-order valence-corrected chi connectivity index (χ1v) is 10.7. The molecule has 2 aliphatic heterocycles. The van der Waals surface area contributed by atoms with Crippen LogP contribution in [-0.4, -0.2) is 70.3 Å². The van der Waals surface area contributed by atoms with Crippen LogP contribution < -0.4 is 4.90 Å². The van der Waals surface area contributed by atoms with Crippen molar-refractivity contribution in [3.8, 4) is 0 Å². The molecule has 3 aliphatic rings. The van der Waals surface area contributed by atoms with Crippen LogP contribution in [0, 0.1) is 5.92 Å². The number of anilines is 1. The summed E-state index contributed by atoms with van der Waals surface area (Å²) in [5.41, 5.74) is 0. The van der Waals surface area contributed by atoms with Crippen LogP contribution in [0.1, 0.15) is 51.4 Å². The number of amides is 2. The summed E-state index contributed by atoms with van der Waals surface area (Å²) in [4.78, 5) is 40.7. The molecular weight excluding hydrogens is 354 g/mol. The second-order valence-corrected chi connectivity index (χ2v) is 8.40. The summed E-state index contributed by atoms with van der Waals surface area (Å²) < 4.78 is 0. The highest BCUT2D eigenvalue weighted by atomic mass is 16.2. The molecule has 7 heteroatoms. The molecule has 0 spiro atoms. The zero-order valence-corrected chi connectivity index (χ0v) is 16.8. The third kappa shape index (κ3) is 3.84. The molecule has 4 rings (SSSR count). The first kappa shape index (κ1) is 19.2. The van der Waals surface area contributed by atoms with Gasteiger partial charge in [-0.2, -0.15) is 0 Å². The zero-order chi connectivity index (χ0) is 19.5. The van der Waals surface area contributed by atoms with E-state index in [-0.39, 0.29) is 29.8 Å². The van der Waals surface area contributed by atoms with Gasteiger partial charge in [0.15, 0.2) is 0 Å². The number of aromatic nitrogens is 2. The first-order chi connectivity index (χ1) is 13.6. The molecule has 2 saturated heterocycles. The van der Waals surface area contributed by atoms with Crippen molar-refractivity contribution < 1.29 is 9.59 Å². The predicted molar refractivity (Wildman–Crippen MR) is 107 cm³/mol. The quantitative estimate of drug-likeness (QED) is 0.794. The lowest BCUT2D eigenvalue weighted by molar-refractivity contribution is -0.146. The SMILES string of the molecule is CN(C(=O)C1CCCN1C(=O)C1CCCC1)C1CCN(c2cnccn2)CC1. The van der Waals surface area contributed by atoms with E-state index in [2.05, 4.69) is 14.9 Å². The highest BCUT2D eigenvalue weighted by molar-refractivity contribution is 5.89. The molecular formula is C21H31N5O2. The Morgan fingerprint density at radius 3 is 2.43 bits per heavy atom. The molecule has 1 aliphatic carbocycles. The lowest BCUT2D eigenvalue weighted by Gasteiger charge is -2.39. The second-order valence-electron chi connectivity index (χ2n) is 8.40. The minimum atomic E-state index is -0.254. The van der Waals surface area contributed by atoms with Crippen molar-refractivity contribution in [1.29, 1.82) is 0 Å². The fraction of sp³-hybridized carbons (Fsp3) is 0.714. The molecule has 1 unspecified atom stereocenters. The van der Waals surface area contributed by atoms with Crippen molar-refractivity contribution in [2.75, 3.05) is 31.6 Å². The molecule has 1 saturated carbocycles. The van der Waals surface area contributed by atoms with Gasteiger partial charge in [0.1, 0.15) is 11.9 Å². The van der Waals surface area contributed by atoms with E-state index in [9.17, 15) is 9.59 Å². The van der Waals surface area contributed by atoms with Crippen LogP contribution in [0.5, 0.6) is 0 Å². The molecule has 0 bridgehead atoms. The number of nitrogens with zero attached hydrogens (tertiary/aromatic N) is 5. The van der Waals surface area contributed by atoms with Crippen LogP contribution in [0.4, 0.5) is 5.82 Å². The van der Waals surface area contributed by atoms with Gasteiger partial charge in [0, 0.05) is 51.0 Å². The Morgan fingerprint density at radius 2 is 1.75 bits per heavy atom. The normalized spacial score (nSPS) is 24.0. The van der Waals surface area contributed by atoms with Gasteiger partial charge in [-0.3, -0.25) is 14.6 Å². The minimum absolute atomic E-state index is 0.127. The Balaban J connectivity index is 1.34. The maximum Gasteiger partial charge on any atom is 0.245 e. The van der Waals surface area contributed by atoms with Crippen molar-refractivity contribution in [3.05, 3.63) is 18.6 Å². The number of likely N-dealkylation sites (tertiary alicyclic amines) is 1. The number of likely N-dealkylation sites (N-methyl/N-ethyl adjacent to an activating group) is 1. The van der Waals surface area contributed by atoms with E-state index in [1.807, 2.05) is 16.8 Å². The molecule has 1 aromatic rings. The van der Waals surface area contributed by atoms with E-state index in [0.29, 0.717) is 0 Å².